The lowest BCUT2D eigenvalue weighted by molar-refractivity contribution is -0.387. The Labute approximate surface area is 169 Å². The number of thiazole rings is 1. The zero-order valence-electron chi connectivity index (χ0n) is 16.2. The molecule has 0 radical (unpaired) electrons. The summed E-state index contributed by atoms with van der Waals surface area (Å²) in [5.74, 6) is 0. The van der Waals surface area contributed by atoms with Crippen molar-refractivity contribution in [3.63, 3.8) is 0 Å². The van der Waals surface area contributed by atoms with Crippen LogP contribution in [0.25, 0.3) is 0 Å². The van der Waals surface area contributed by atoms with Crippen LogP contribution in [0.5, 0.6) is 0 Å². The normalized spacial score (nSPS) is 17.0. The molecule has 0 bridgehead atoms. The van der Waals surface area contributed by atoms with Crippen LogP contribution in [0.2, 0.25) is 0 Å². The molecule has 0 N–H and O–H groups in total. The molecule has 28 heavy (non-hydrogen) atoms. The van der Waals surface area contributed by atoms with Crippen molar-refractivity contribution in [3.05, 3.63) is 50.5 Å². The predicted octanol–water partition coefficient (Wildman–Crippen LogP) is 2.86. The molecule has 1 saturated heterocycles. The number of benzene rings is 1. The zero-order chi connectivity index (χ0) is 20.5. The van der Waals surface area contributed by atoms with Crippen LogP contribution in [0.3, 0.4) is 0 Å². The second kappa shape index (κ2) is 7.86. The Bertz CT molecular complexity index is 958. The van der Waals surface area contributed by atoms with E-state index in [1.54, 1.807) is 11.3 Å². The Morgan fingerprint density at radius 2 is 1.82 bits per heavy atom. The summed E-state index contributed by atoms with van der Waals surface area (Å²) >= 11 is 1.62. The van der Waals surface area contributed by atoms with E-state index in [4.69, 9.17) is 4.98 Å². The SMILES string of the molecule is CC(C)(C)c1csc(CN2CCN(S(=O)(=O)c3ccccc3[N+](=O)[O-])CC2)n1. The van der Waals surface area contributed by atoms with Crippen molar-refractivity contribution in [2.24, 2.45) is 0 Å². The molecule has 0 amide bonds. The average molecular weight is 425 g/mol. The van der Waals surface area contributed by atoms with Gasteiger partial charge in [-0.2, -0.15) is 4.31 Å². The summed E-state index contributed by atoms with van der Waals surface area (Å²) in [4.78, 5) is 17.1. The van der Waals surface area contributed by atoms with E-state index in [2.05, 4.69) is 31.1 Å². The minimum atomic E-state index is -3.90. The first kappa shape index (κ1) is 20.8. The molecule has 1 fully saturated rings. The van der Waals surface area contributed by atoms with Crippen molar-refractivity contribution in [1.82, 2.24) is 14.2 Å². The summed E-state index contributed by atoms with van der Waals surface area (Å²) in [6, 6.07) is 5.49. The third-order valence-corrected chi connectivity index (χ3v) is 7.47. The van der Waals surface area contributed by atoms with Crippen molar-refractivity contribution in [2.45, 2.75) is 37.6 Å². The lowest BCUT2D eigenvalue weighted by Crippen LogP contribution is -2.48. The highest BCUT2D eigenvalue weighted by atomic mass is 32.2. The molecule has 1 aliphatic rings. The third-order valence-electron chi connectivity index (χ3n) is 4.69. The number of para-hydroxylation sites is 1. The van der Waals surface area contributed by atoms with Crippen molar-refractivity contribution >= 4 is 27.0 Å². The molecule has 0 unspecified atom stereocenters. The molecule has 10 heteroatoms. The smallest absolute Gasteiger partial charge is 0.289 e. The van der Waals surface area contributed by atoms with Gasteiger partial charge in [0.05, 0.1) is 17.2 Å². The zero-order valence-corrected chi connectivity index (χ0v) is 17.8. The number of hydrogen-bond donors (Lipinski definition) is 0. The van der Waals surface area contributed by atoms with Crippen LogP contribution >= 0.6 is 11.3 Å². The van der Waals surface area contributed by atoms with E-state index in [1.165, 1.54) is 28.6 Å². The van der Waals surface area contributed by atoms with Gasteiger partial charge in [-0.15, -0.1) is 11.3 Å². The fourth-order valence-electron chi connectivity index (χ4n) is 3.01. The van der Waals surface area contributed by atoms with Gasteiger partial charge >= 0.3 is 0 Å². The molecular weight excluding hydrogens is 400 g/mol. The molecule has 8 nitrogen and oxygen atoms in total. The molecule has 1 aromatic heterocycles. The van der Waals surface area contributed by atoms with E-state index in [0.717, 1.165) is 10.7 Å². The second-order valence-electron chi connectivity index (χ2n) is 7.78. The van der Waals surface area contributed by atoms with Gasteiger partial charge in [-0.1, -0.05) is 32.9 Å². The van der Waals surface area contributed by atoms with Gasteiger partial charge in [-0.25, -0.2) is 13.4 Å². The predicted molar refractivity (Wildman–Crippen MR) is 108 cm³/mol. The van der Waals surface area contributed by atoms with Gasteiger partial charge in [0.15, 0.2) is 4.90 Å². The standard InChI is InChI=1S/C18H24N4O4S2/c1-18(2,3)16-13-27-17(19-16)12-20-8-10-21(11-9-20)28(25,26)15-7-5-4-6-14(15)22(23)24/h4-7,13H,8-12H2,1-3H3. The number of rotatable bonds is 5. The van der Waals surface area contributed by atoms with Gasteiger partial charge in [0.25, 0.3) is 5.69 Å². The lowest BCUT2D eigenvalue weighted by Gasteiger charge is -2.33. The number of piperazine rings is 1. The Kier molecular flexibility index (Phi) is 5.85. The van der Waals surface area contributed by atoms with E-state index < -0.39 is 14.9 Å². The molecule has 0 atom stereocenters. The summed E-state index contributed by atoms with van der Waals surface area (Å²) in [6.45, 7) is 8.77. The third kappa shape index (κ3) is 4.40. The van der Waals surface area contributed by atoms with Crippen molar-refractivity contribution < 1.29 is 13.3 Å². The minimum Gasteiger partial charge on any atom is -0.294 e. The Morgan fingerprint density at radius 1 is 1.18 bits per heavy atom. The van der Waals surface area contributed by atoms with E-state index in [-0.39, 0.29) is 16.0 Å². The maximum atomic E-state index is 12.9. The highest BCUT2D eigenvalue weighted by Gasteiger charge is 2.33. The highest BCUT2D eigenvalue weighted by Crippen LogP contribution is 2.28. The van der Waals surface area contributed by atoms with Gasteiger partial charge in [0, 0.05) is 43.0 Å². The molecule has 1 aromatic carbocycles. The monoisotopic (exact) mass is 424 g/mol. The van der Waals surface area contributed by atoms with E-state index in [0.29, 0.717) is 32.7 Å². The van der Waals surface area contributed by atoms with Gasteiger partial charge in [0.2, 0.25) is 10.0 Å². The summed E-state index contributed by atoms with van der Waals surface area (Å²) in [6.07, 6.45) is 0. The fourth-order valence-corrected chi connectivity index (χ4v) is 5.65. The number of nitro benzene ring substituents is 1. The lowest BCUT2D eigenvalue weighted by atomic mass is 9.93. The van der Waals surface area contributed by atoms with Crippen molar-refractivity contribution in [1.29, 1.82) is 0 Å². The van der Waals surface area contributed by atoms with Crippen molar-refractivity contribution in [3.8, 4) is 0 Å². The van der Waals surface area contributed by atoms with Crippen LogP contribution in [0.15, 0.2) is 34.5 Å². The molecule has 1 aliphatic heterocycles. The molecule has 0 saturated carbocycles. The largest absolute Gasteiger partial charge is 0.294 e. The summed E-state index contributed by atoms with van der Waals surface area (Å²) in [5.41, 5.74) is 0.680. The van der Waals surface area contributed by atoms with Gasteiger partial charge in [-0.05, 0) is 6.07 Å². The summed E-state index contributed by atoms with van der Waals surface area (Å²) < 4.78 is 27.1. The highest BCUT2D eigenvalue weighted by molar-refractivity contribution is 7.89. The van der Waals surface area contributed by atoms with Crippen molar-refractivity contribution in [2.75, 3.05) is 26.2 Å². The first-order chi connectivity index (χ1) is 13.1. The molecule has 2 heterocycles. The van der Waals surface area contributed by atoms with E-state index >= 15 is 0 Å². The topological polar surface area (TPSA) is 96.7 Å². The van der Waals surface area contributed by atoms with Crippen LogP contribution in [0.4, 0.5) is 5.69 Å². The van der Waals surface area contributed by atoms with Crippen LogP contribution in [-0.2, 0) is 22.0 Å². The Hall–Kier alpha value is -1.88. The first-order valence-electron chi connectivity index (χ1n) is 9.00. The first-order valence-corrected chi connectivity index (χ1v) is 11.3. The fraction of sp³-hybridized carbons (Fsp3) is 0.500. The molecule has 3 rings (SSSR count). The van der Waals surface area contributed by atoms with Gasteiger partial charge in [0.1, 0.15) is 5.01 Å². The van der Waals surface area contributed by atoms with Crippen LogP contribution in [0, 0.1) is 10.1 Å². The van der Waals surface area contributed by atoms with Crippen LogP contribution in [-0.4, -0.2) is 53.7 Å². The molecule has 2 aromatic rings. The number of hydrogen-bond acceptors (Lipinski definition) is 7. The maximum Gasteiger partial charge on any atom is 0.289 e. The molecule has 0 spiro atoms. The Morgan fingerprint density at radius 3 is 2.39 bits per heavy atom. The molecule has 0 aliphatic carbocycles. The second-order valence-corrected chi connectivity index (χ2v) is 10.6. The molecule has 152 valence electrons. The van der Waals surface area contributed by atoms with Gasteiger partial charge in [-0.3, -0.25) is 15.0 Å². The number of nitrogens with zero attached hydrogens (tertiary/aromatic N) is 4. The summed E-state index contributed by atoms with van der Waals surface area (Å²) in [7, 11) is -3.90. The minimum absolute atomic E-state index is 0.00588. The van der Waals surface area contributed by atoms with Crippen LogP contribution < -0.4 is 0 Å². The van der Waals surface area contributed by atoms with Crippen LogP contribution in [0.1, 0.15) is 31.5 Å². The number of sulfonamides is 1. The van der Waals surface area contributed by atoms with E-state index in [1.807, 2.05) is 0 Å². The quantitative estimate of drug-likeness (QED) is 0.541. The number of aromatic nitrogens is 1. The van der Waals surface area contributed by atoms with E-state index in [9.17, 15) is 18.5 Å². The summed E-state index contributed by atoms with van der Waals surface area (Å²) in [5, 5.41) is 14.3. The van der Waals surface area contributed by atoms with Gasteiger partial charge < -0.3 is 0 Å². The number of nitro groups is 1. The maximum absolute atomic E-state index is 12.9. The average Bonchev–Trinajstić information content (AvgIpc) is 3.11. The molecular formula is C18H24N4O4S2. The Balaban J connectivity index is 1.67.